The second kappa shape index (κ2) is 7.79. The average Bonchev–Trinajstić information content (AvgIpc) is 2.34. The summed E-state index contributed by atoms with van der Waals surface area (Å²) in [7, 11) is 3.07. The molecular weight excluding hydrogens is 258 g/mol. The number of benzene rings is 1. The smallest absolute Gasteiger partial charge is 0.216 e. The predicted molar refractivity (Wildman–Crippen MR) is 70.4 cm³/mol. The van der Waals surface area contributed by atoms with Crippen LogP contribution < -0.4 is 14.8 Å². The minimum atomic E-state index is -0.830. The molecule has 0 spiro atoms. The van der Waals surface area contributed by atoms with Gasteiger partial charge in [0.2, 0.25) is 5.91 Å². The Morgan fingerprint density at radius 2 is 2.06 bits per heavy atom. The molecule has 0 saturated heterocycles. The number of amides is 1. The van der Waals surface area contributed by atoms with E-state index < -0.39 is 6.10 Å². The summed E-state index contributed by atoms with van der Waals surface area (Å²) < 4.78 is 10.2. The minimum absolute atomic E-state index is 0. The molecule has 0 heterocycles. The van der Waals surface area contributed by atoms with Crippen molar-refractivity contribution < 1.29 is 19.4 Å². The number of ether oxygens (including phenoxy) is 2. The first kappa shape index (κ1) is 16.5. The monoisotopic (exact) mass is 275 g/mol. The van der Waals surface area contributed by atoms with Gasteiger partial charge in [-0.25, -0.2) is 0 Å². The highest BCUT2D eigenvalue weighted by atomic mass is 35.5. The molecule has 0 aliphatic carbocycles. The number of halogens is 1. The second-order valence-corrected chi connectivity index (χ2v) is 3.56. The Labute approximate surface area is 113 Å². The highest BCUT2D eigenvalue weighted by molar-refractivity contribution is 5.85. The molecule has 0 fully saturated rings. The maximum atomic E-state index is 10.8. The molecule has 5 nitrogen and oxygen atoms in total. The Morgan fingerprint density at radius 3 is 2.56 bits per heavy atom. The Kier molecular flexibility index (Phi) is 7.16. The van der Waals surface area contributed by atoms with Gasteiger partial charge >= 0.3 is 0 Å². The third kappa shape index (κ3) is 4.43. The van der Waals surface area contributed by atoms with Gasteiger partial charge < -0.3 is 19.9 Å². The lowest BCUT2D eigenvalue weighted by Crippen LogP contribution is -2.26. The summed E-state index contributed by atoms with van der Waals surface area (Å²) in [5.74, 6) is 0.997. The summed E-state index contributed by atoms with van der Waals surface area (Å²) in [6.07, 6.45) is -0.830. The van der Waals surface area contributed by atoms with Crippen molar-refractivity contribution in [3.05, 3.63) is 23.8 Å². The predicted octanol–water partition coefficient (Wildman–Crippen LogP) is 1.30. The van der Waals surface area contributed by atoms with Gasteiger partial charge in [-0.2, -0.15) is 0 Å². The van der Waals surface area contributed by atoms with E-state index in [1.807, 2.05) is 0 Å². The molecule has 1 unspecified atom stereocenters. The number of rotatable bonds is 5. The van der Waals surface area contributed by atoms with E-state index in [0.29, 0.717) is 17.1 Å². The standard InChI is InChI=1S/C12H17NO4.ClH/c1-8(14)13-7-11(15)10-6-9(16-2)4-5-12(10)17-3;/h4-6,11,15H,7H2,1-3H3,(H,13,14);1H. The maximum Gasteiger partial charge on any atom is 0.216 e. The van der Waals surface area contributed by atoms with Crippen molar-refractivity contribution in [3.63, 3.8) is 0 Å². The molecule has 18 heavy (non-hydrogen) atoms. The van der Waals surface area contributed by atoms with Crippen LogP contribution in [-0.2, 0) is 4.79 Å². The van der Waals surface area contributed by atoms with Crippen LogP contribution in [0.4, 0.5) is 0 Å². The molecule has 1 amide bonds. The fraction of sp³-hybridized carbons (Fsp3) is 0.417. The number of hydrogen-bond acceptors (Lipinski definition) is 4. The normalized spacial score (nSPS) is 11.1. The van der Waals surface area contributed by atoms with E-state index in [-0.39, 0.29) is 24.9 Å². The average molecular weight is 276 g/mol. The van der Waals surface area contributed by atoms with Gasteiger partial charge in [0.15, 0.2) is 0 Å². The Bertz CT molecular complexity index is 398. The number of carbonyl (C=O) groups excluding carboxylic acids is 1. The number of methoxy groups -OCH3 is 2. The molecule has 1 aromatic rings. The van der Waals surface area contributed by atoms with E-state index in [1.54, 1.807) is 25.3 Å². The van der Waals surface area contributed by atoms with Gasteiger partial charge in [-0.05, 0) is 18.2 Å². The van der Waals surface area contributed by atoms with E-state index >= 15 is 0 Å². The SMILES string of the molecule is COc1ccc(OC)c(C(O)CNC(C)=O)c1.Cl. The van der Waals surface area contributed by atoms with Crippen LogP contribution in [0.3, 0.4) is 0 Å². The Morgan fingerprint density at radius 1 is 1.39 bits per heavy atom. The molecule has 0 aromatic heterocycles. The number of hydrogen-bond donors (Lipinski definition) is 2. The molecule has 2 N–H and O–H groups in total. The van der Waals surface area contributed by atoms with Crippen LogP contribution in [0.2, 0.25) is 0 Å². The molecule has 1 rings (SSSR count). The highest BCUT2D eigenvalue weighted by Crippen LogP contribution is 2.28. The van der Waals surface area contributed by atoms with Crippen LogP contribution in [0.15, 0.2) is 18.2 Å². The van der Waals surface area contributed by atoms with Crippen LogP contribution in [0.1, 0.15) is 18.6 Å². The largest absolute Gasteiger partial charge is 0.497 e. The van der Waals surface area contributed by atoms with Crippen molar-refractivity contribution in [1.29, 1.82) is 0 Å². The van der Waals surface area contributed by atoms with Crippen molar-refractivity contribution in [1.82, 2.24) is 5.32 Å². The quantitative estimate of drug-likeness (QED) is 0.850. The number of carbonyl (C=O) groups is 1. The molecule has 1 aromatic carbocycles. The lowest BCUT2D eigenvalue weighted by molar-refractivity contribution is -0.119. The maximum absolute atomic E-state index is 10.8. The summed E-state index contributed by atoms with van der Waals surface area (Å²) in [5.41, 5.74) is 0.584. The van der Waals surface area contributed by atoms with Gasteiger partial charge in [-0.3, -0.25) is 4.79 Å². The first-order chi connectivity index (χ1) is 8.08. The summed E-state index contributed by atoms with van der Waals surface area (Å²) in [5, 5.41) is 12.5. The number of aliphatic hydroxyl groups is 1. The molecule has 0 saturated carbocycles. The zero-order valence-electron chi connectivity index (χ0n) is 10.6. The molecule has 0 aliphatic heterocycles. The van der Waals surface area contributed by atoms with Gasteiger partial charge in [0.25, 0.3) is 0 Å². The summed E-state index contributed by atoms with van der Waals surface area (Å²) in [6.45, 7) is 1.54. The van der Waals surface area contributed by atoms with Crippen LogP contribution in [0, 0.1) is 0 Å². The molecule has 1 atom stereocenters. The first-order valence-electron chi connectivity index (χ1n) is 5.23. The van der Waals surface area contributed by atoms with Crippen LogP contribution in [0.5, 0.6) is 11.5 Å². The molecular formula is C12H18ClNO4. The lowest BCUT2D eigenvalue weighted by atomic mass is 10.1. The third-order valence-electron chi connectivity index (χ3n) is 2.34. The Hall–Kier alpha value is -1.46. The molecule has 0 radical (unpaired) electrons. The van der Waals surface area contributed by atoms with Gasteiger partial charge in [0.1, 0.15) is 11.5 Å². The van der Waals surface area contributed by atoms with Gasteiger partial charge in [-0.1, -0.05) is 0 Å². The zero-order valence-corrected chi connectivity index (χ0v) is 11.4. The lowest BCUT2D eigenvalue weighted by Gasteiger charge is -2.16. The molecule has 0 aliphatic rings. The summed E-state index contributed by atoms with van der Waals surface area (Å²) in [4.78, 5) is 10.8. The van der Waals surface area contributed by atoms with E-state index in [9.17, 15) is 9.90 Å². The van der Waals surface area contributed by atoms with Crippen molar-refractivity contribution in [2.75, 3.05) is 20.8 Å². The molecule has 6 heteroatoms. The zero-order chi connectivity index (χ0) is 12.8. The van der Waals surface area contributed by atoms with E-state index in [2.05, 4.69) is 5.32 Å². The van der Waals surface area contributed by atoms with Gasteiger partial charge in [0.05, 0.1) is 20.3 Å². The first-order valence-corrected chi connectivity index (χ1v) is 5.23. The summed E-state index contributed by atoms with van der Waals surface area (Å²) in [6, 6.07) is 5.14. The van der Waals surface area contributed by atoms with Crippen molar-refractivity contribution in [2.24, 2.45) is 0 Å². The molecule has 0 bridgehead atoms. The summed E-state index contributed by atoms with van der Waals surface area (Å²) >= 11 is 0. The van der Waals surface area contributed by atoms with E-state index in [0.717, 1.165) is 0 Å². The van der Waals surface area contributed by atoms with Crippen LogP contribution in [0.25, 0.3) is 0 Å². The van der Waals surface area contributed by atoms with E-state index in [1.165, 1.54) is 14.0 Å². The second-order valence-electron chi connectivity index (χ2n) is 3.56. The van der Waals surface area contributed by atoms with Crippen molar-refractivity contribution >= 4 is 18.3 Å². The van der Waals surface area contributed by atoms with Crippen LogP contribution in [-0.4, -0.2) is 31.8 Å². The minimum Gasteiger partial charge on any atom is -0.497 e. The highest BCUT2D eigenvalue weighted by Gasteiger charge is 2.14. The fourth-order valence-corrected chi connectivity index (χ4v) is 1.45. The third-order valence-corrected chi connectivity index (χ3v) is 2.34. The number of nitrogens with one attached hydrogen (secondary N) is 1. The van der Waals surface area contributed by atoms with Crippen molar-refractivity contribution in [2.45, 2.75) is 13.0 Å². The van der Waals surface area contributed by atoms with Gasteiger partial charge in [-0.15, -0.1) is 12.4 Å². The van der Waals surface area contributed by atoms with Gasteiger partial charge in [0, 0.05) is 19.0 Å². The van der Waals surface area contributed by atoms with Crippen molar-refractivity contribution in [3.8, 4) is 11.5 Å². The molecule has 102 valence electrons. The fourth-order valence-electron chi connectivity index (χ4n) is 1.45. The number of aliphatic hydroxyl groups excluding tert-OH is 1. The van der Waals surface area contributed by atoms with E-state index in [4.69, 9.17) is 9.47 Å². The Balaban J connectivity index is 0.00000289. The van der Waals surface area contributed by atoms with Crippen LogP contribution >= 0.6 is 12.4 Å². The topological polar surface area (TPSA) is 67.8 Å².